The number of halogens is 2. The van der Waals surface area contributed by atoms with Crippen molar-refractivity contribution in [3.05, 3.63) is 91.5 Å². The highest BCUT2D eigenvalue weighted by Gasteiger charge is 2.33. The highest BCUT2D eigenvalue weighted by molar-refractivity contribution is 9.11. The number of aromatic nitrogens is 3. The van der Waals surface area contributed by atoms with Gasteiger partial charge < -0.3 is 19.9 Å². The molecule has 6 rings (SSSR count). The highest BCUT2D eigenvalue weighted by Crippen LogP contribution is 2.35. The third-order valence-electron chi connectivity index (χ3n) is 9.12. The third-order valence-corrected chi connectivity index (χ3v) is 10.3. The molecule has 2 aliphatic heterocycles. The van der Waals surface area contributed by atoms with Gasteiger partial charge in [-0.2, -0.15) is 0 Å². The summed E-state index contributed by atoms with van der Waals surface area (Å²) in [7, 11) is 0. The Kier molecular flexibility index (Phi) is 9.23. The molecular weight excluding hydrogens is 690 g/mol. The van der Waals surface area contributed by atoms with Crippen molar-refractivity contribution in [2.24, 2.45) is 5.92 Å². The van der Waals surface area contributed by atoms with Gasteiger partial charge >= 0.3 is 5.69 Å². The maximum Gasteiger partial charge on any atom is 0.326 e. The Hall–Kier alpha value is -3.44. The molecule has 0 unspecified atom stereocenters. The average molecular weight is 725 g/mol. The molecular formula is C33H35Br2N5O4. The lowest BCUT2D eigenvalue weighted by Crippen LogP contribution is -2.45. The number of phenolic OH excluding ortho intramolecular Hbond substituents is 1. The smallest absolute Gasteiger partial charge is 0.326 e. The first-order chi connectivity index (χ1) is 21.3. The number of nitrogens with one attached hydrogen (secondary N) is 1. The molecule has 4 heterocycles. The Labute approximate surface area is 272 Å². The van der Waals surface area contributed by atoms with Crippen LogP contribution < -0.4 is 5.69 Å². The standard InChI is InChI=1S/C33H35Br2N5O4/c34-26-18-21(19-27(35)31(26)42)17-24(32(43)39-13-7-23(8-14-39)22-5-11-36-12-6-22)20-30(41)38-15-9-25(10-16-38)40-29-4-2-1-3-28(29)37-33(40)44/h1-6,11-12,18-19,23-25,42H,7-10,13-17,20H2,(H,37,44)/t24-/m1/s1. The van der Waals surface area contributed by atoms with Crippen LogP contribution in [0.15, 0.2) is 74.7 Å². The Morgan fingerprint density at radius 1 is 0.932 bits per heavy atom. The van der Waals surface area contributed by atoms with Crippen molar-refractivity contribution in [1.29, 1.82) is 0 Å². The molecule has 0 radical (unpaired) electrons. The Morgan fingerprint density at radius 2 is 1.57 bits per heavy atom. The number of nitrogens with zero attached hydrogens (tertiary/aromatic N) is 4. The van der Waals surface area contributed by atoms with E-state index in [0.717, 1.165) is 29.4 Å². The normalized spacial score (nSPS) is 17.2. The van der Waals surface area contributed by atoms with Crippen molar-refractivity contribution in [3.63, 3.8) is 0 Å². The van der Waals surface area contributed by atoms with E-state index in [1.54, 1.807) is 0 Å². The molecule has 2 fully saturated rings. The van der Waals surface area contributed by atoms with Gasteiger partial charge in [-0.05, 0) is 117 Å². The van der Waals surface area contributed by atoms with Gasteiger partial charge in [-0.25, -0.2) is 4.79 Å². The summed E-state index contributed by atoms with van der Waals surface area (Å²) in [5.74, 6) is -0.0961. The van der Waals surface area contributed by atoms with Crippen LogP contribution >= 0.6 is 31.9 Å². The largest absolute Gasteiger partial charge is 0.506 e. The number of fused-ring (bicyclic) bond motifs is 1. The lowest BCUT2D eigenvalue weighted by Gasteiger charge is -2.36. The number of carbonyl (C=O) groups is 2. The van der Waals surface area contributed by atoms with E-state index in [-0.39, 0.29) is 35.7 Å². The van der Waals surface area contributed by atoms with Gasteiger partial charge in [0.15, 0.2) is 0 Å². The first kappa shape index (κ1) is 30.6. The fourth-order valence-corrected chi connectivity index (χ4v) is 8.03. The quantitative estimate of drug-likeness (QED) is 0.251. The molecule has 2 N–H and O–H groups in total. The molecule has 1 atom stereocenters. The number of piperidine rings is 2. The van der Waals surface area contributed by atoms with Crippen molar-refractivity contribution in [2.75, 3.05) is 26.2 Å². The number of hydrogen-bond donors (Lipinski definition) is 2. The van der Waals surface area contributed by atoms with Crippen LogP contribution in [0.25, 0.3) is 11.0 Å². The number of phenols is 1. The number of imidazole rings is 1. The molecule has 230 valence electrons. The molecule has 44 heavy (non-hydrogen) atoms. The van der Waals surface area contributed by atoms with Gasteiger partial charge in [-0.1, -0.05) is 12.1 Å². The minimum absolute atomic E-state index is 0.00733. The number of carbonyl (C=O) groups excluding carboxylic acids is 2. The minimum Gasteiger partial charge on any atom is -0.506 e. The second-order valence-electron chi connectivity index (χ2n) is 11.8. The zero-order valence-corrected chi connectivity index (χ0v) is 27.5. The zero-order chi connectivity index (χ0) is 30.8. The molecule has 2 aromatic heterocycles. The van der Waals surface area contributed by atoms with Gasteiger partial charge in [0.2, 0.25) is 11.8 Å². The molecule has 2 aromatic carbocycles. The van der Waals surface area contributed by atoms with E-state index >= 15 is 0 Å². The fraction of sp³-hybridized carbons (Fsp3) is 0.394. The number of H-pyrrole nitrogens is 1. The molecule has 2 amide bonds. The van der Waals surface area contributed by atoms with Crippen LogP contribution in [0, 0.1) is 5.92 Å². The zero-order valence-electron chi connectivity index (χ0n) is 24.3. The number of amides is 2. The van der Waals surface area contributed by atoms with E-state index in [9.17, 15) is 19.5 Å². The highest BCUT2D eigenvalue weighted by atomic mass is 79.9. The summed E-state index contributed by atoms with van der Waals surface area (Å²) in [6, 6.07) is 15.4. The minimum atomic E-state index is -0.530. The number of rotatable bonds is 7. The van der Waals surface area contributed by atoms with Gasteiger partial charge in [0.25, 0.3) is 0 Å². The number of para-hydroxylation sites is 2. The first-order valence-electron chi connectivity index (χ1n) is 15.1. The number of benzene rings is 2. The number of likely N-dealkylation sites (tertiary alicyclic amines) is 2. The number of pyridine rings is 1. The number of aromatic amines is 1. The van der Waals surface area contributed by atoms with Gasteiger partial charge in [0.1, 0.15) is 5.75 Å². The number of aromatic hydroxyl groups is 1. The van der Waals surface area contributed by atoms with Crippen molar-refractivity contribution < 1.29 is 14.7 Å². The van der Waals surface area contributed by atoms with Crippen LogP contribution in [0.4, 0.5) is 0 Å². The van der Waals surface area contributed by atoms with E-state index in [4.69, 9.17) is 0 Å². The summed E-state index contributed by atoms with van der Waals surface area (Å²) < 4.78 is 2.89. The Balaban J connectivity index is 1.14. The predicted molar refractivity (Wildman–Crippen MR) is 176 cm³/mol. The summed E-state index contributed by atoms with van der Waals surface area (Å²) in [4.78, 5) is 51.2. The molecule has 9 nitrogen and oxygen atoms in total. The molecule has 0 aliphatic carbocycles. The monoisotopic (exact) mass is 723 g/mol. The molecule has 2 saturated heterocycles. The Morgan fingerprint density at radius 3 is 2.25 bits per heavy atom. The number of hydrogen-bond acceptors (Lipinski definition) is 5. The van der Waals surface area contributed by atoms with Crippen LogP contribution in [0.2, 0.25) is 0 Å². The van der Waals surface area contributed by atoms with Crippen molar-refractivity contribution in [2.45, 2.75) is 50.5 Å². The van der Waals surface area contributed by atoms with E-state index < -0.39 is 5.92 Å². The van der Waals surface area contributed by atoms with Crippen LogP contribution in [0.3, 0.4) is 0 Å². The molecule has 2 aliphatic rings. The first-order valence-corrected chi connectivity index (χ1v) is 16.7. The lowest BCUT2D eigenvalue weighted by atomic mass is 9.88. The summed E-state index contributed by atoms with van der Waals surface area (Å²) in [5.41, 5.74) is 3.68. The van der Waals surface area contributed by atoms with Crippen LogP contribution in [-0.4, -0.2) is 67.4 Å². The molecule has 0 bridgehead atoms. The van der Waals surface area contributed by atoms with Gasteiger partial charge in [-0.15, -0.1) is 0 Å². The summed E-state index contributed by atoms with van der Waals surface area (Å²) >= 11 is 6.81. The van der Waals surface area contributed by atoms with Crippen LogP contribution in [-0.2, 0) is 16.0 Å². The summed E-state index contributed by atoms with van der Waals surface area (Å²) in [5, 5.41) is 10.2. The summed E-state index contributed by atoms with van der Waals surface area (Å²) in [6.07, 6.45) is 7.19. The van der Waals surface area contributed by atoms with Crippen molar-refractivity contribution in [3.8, 4) is 5.75 Å². The summed E-state index contributed by atoms with van der Waals surface area (Å²) in [6.45, 7) is 2.35. The van der Waals surface area contributed by atoms with E-state index in [2.05, 4.69) is 41.8 Å². The predicted octanol–water partition coefficient (Wildman–Crippen LogP) is 5.77. The maximum atomic E-state index is 14.0. The van der Waals surface area contributed by atoms with Crippen LogP contribution in [0.5, 0.6) is 5.75 Å². The Bertz CT molecular complexity index is 1680. The van der Waals surface area contributed by atoms with Gasteiger partial charge in [0.05, 0.1) is 25.9 Å². The van der Waals surface area contributed by atoms with E-state index in [0.29, 0.717) is 60.3 Å². The third kappa shape index (κ3) is 6.49. The second-order valence-corrected chi connectivity index (χ2v) is 13.5. The molecule has 4 aromatic rings. The lowest BCUT2D eigenvalue weighted by molar-refractivity contribution is -0.142. The molecule has 11 heteroatoms. The van der Waals surface area contributed by atoms with Crippen molar-refractivity contribution >= 4 is 54.7 Å². The van der Waals surface area contributed by atoms with Crippen molar-refractivity contribution in [1.82, 2.24) is 24.3 Å². The molecule has 0 spiro atoms. The fourth-order valence-electron chi connectivity index (χ4n) is 6.74. The van der Waals surface area contributed by atoms with Gasteiger partial charge in [-0.3, -0.25) is 19.1 Å². The van der Waals surface area contributed by atoms with Gasteiger partial charge in [0, 0.05) is 51.0 Å². The van der Waals surface area contributed by atoms with E-state index in [1.165, 1.54) is 5.56 Å². The SMILES string of the molecule is O=C(C[C@@H](Cc1cc(Br)c(O)c(Br)c1)C(=O)N1CCC(c2ccncc2)CC1)N1CCC(n2c(=O)[nH]c3ccccc32)CC1. The van der Waals surface area contributed by atoms with E-state index in [1.807, 2.05) is 75.3 Å². The van der Waals surface area contributed by atoms with Crippen LogP contribution in [0.1, 0.15) is 55.2 Å². The molecule has 0 saturated carbocycles. The topological polar surface area (TPSA) is 112 Å². The maximum absolute atomic E-state index is 14.0. The average Bonchev–Trinajstić information content (AvgIpc) is 3.39. The second kappa shape index (κ2) is 13.3.